The molecule has 2 aromatic heterocycles. The van der Waals surface area contributed by atoms with E-state index < -0.39 is 6.04 Å². The molecule has 1 N–H and O–H groups in total. The Labute approximate surface area is 201 Å². The molecule has 1 amide bonds. The predicted molar refractivity (Wildman–Crippen MR) is 130 cm³/mol. The lowest BCUT2D eigenvalue weighted by Gasteiger charge is -2.32. The molecule has 176 valence electrons. The smallest absolute Gasteiger partial charge is 0.280 e. The van der Waals surface area contributed by atoms with Crippen molar-refractivity contribution in [3.05, 3.63) is 71.1 Å². The number of fused-ring (bicyclic) bond motifs is 2. The second-order valence-corrected chi connectivity index (χ2v) is 9.25. The van der Waals surface area contributed by atoms with Crippen LogP contribution in [-0.2, 0) is 7.05 Å². The number of amides is 1. The largest absolute Gasteiger partial charge is 0.371 e. The first-order valence-electron chi connectivity index (χ1n) is 11.7. The maximum atomic E-state index is 15.8. The van der Waals surface area contributed by atoms with Crippen LogP contribution < -0.4 is 9.80 Å². The predicted octanol–water partition coefficient (Wildman–Crippen LogP) is 4.23. The number of aryl methyl sites for hydroxylation is 1. The lowest BCUT2D eigenvalue weighted by Crippen LogP contribution is -2.33. The number of nitrogens with zero attached hydrogens (tertiary/aromatic N) is 6. The molecule has 1 atom stereocenters. The van der Waals surface area contributed by atoms with Crippen molar-refractivity contribution in [2.45, 2.75) is 25.8 Å². The van der Waals surface area contributed by atoms with Crippen LogP contribution >= 0.6 is 0 Å². The Hall–Kier alpha value is -4.19. The number of halogens is 1. The normalized spacial score (nSPS) is 18.3. The number of hydrogen-bond donors (Lipinski definition) is 1. The molecule has 1 fully saturated rings. The van der Waals surface area contributed by atoms with Gasteiger partial charge < -0.3 is 9.88 Å². The zero-order valence-electron chi connectivity index (χ0n) is 19.5. The van der Waals surface area contributed by atoms with Gasteiger partial charge in [-0.15, -0.1) is 0 Å². The van der Waals surface area contributed by atoms with E-state index in [1.807, 2.05) is 31.2 Å². The molecular weight excluding hydrogens is 445 g/mol. The van der Waals surface area contributed by atoms with Gasteiger partial charge in [-0.2, -0.15) is 10.4 Å². The highest BCUT2D eigenvalue weighted by molar-refractivity contribution is 6.11. The summed E-state index contributed by atoms with van der Waals surface area (Å²) in [6.07, 6.45) is 3.16. The lowest BCUT2D eigenvalue weighted by molar-refractivity contribution is 0.0988. The number of nitriles is 1. The molecule has 35 heavy (non-hydrogen) atoms. The topological polar surface area (TPSA) is 93.8 Å². The van der Waals surface area contributed by atoms with E-state index in [0.717, 1.165) is 53.9 Å². The Morgan fingerprint density at radius 3 is 2.66 bits per heavy atom. The number of carbonyl (C=O) groups is 1. The van der Waals surface area contributed by atoms with Crippen molar-refractivity contribution in [1.82, 2.24) is 19.7 Å². The van der Waals surface area contributed by atoms with Crippen LogP contribution in [0.2, 0.25) is 0 Å². The summed E-state index contributed by atoms with van der Waals surface area (Å²) < 4.78 is 17.5. The fourth-order valence-electron chi connectivity index (χ4n) is 5.30. The average Bonchev–Trinajstić information content (AvgIpc) is 3.53. The van der Waals surface area contributed by atoms with Gasteiger partial charge in [0, 0.05) is 54.3 Å². The maximum Gasteiger partial charge on any atom is 0.280 e. The number of piperidine rings is 1. The molecule has 9 heteroatoms. The number of rotatable bonds is 3. The number of H-pyrrole nitrogens is 1. The van der Waals surface area contributed by atoms with Crippen LogP contribution in [0.4, 0.5) is 15.8 Å². The Bertz CT molecular complexity index is 1510. The van der Waals surface area contributed by atoms with Crippen molar-refractivity contribution >= 4 is 28.3 Å². The molecule has 0 spiro atoms. The third kappa shape index (κ3) is 3.28. The van der Waals surface area contributed by atoms with Gasteiger partial charge in [0.2, 0.25) is 0 Å². The van der Waals surface area contributed by atoms with E-state index in [1.54, 1.807) is 35.1 Å². The van der Waals surface area contributed by atoms with E-state index in [1.165, 1.54) is 0 Å². The highest BCUT2D eigenvalue weighted by Crippen LogP contribution is 2.44. The van der Waals surface area contributed by atoms with Gasteiger partial charge in [-0.05, 0) is 50.1 Å². The highest BCUT2D eigenvalue weighted by atomic mass is 19.1. The Balaban J connectivity index is 1.43. The van der Waals surface area contributed by atoms with E-state index in [4.69, 9.17) is 5.26 Å². The van der Waals surface area contributed by atoms with Crippen LogP contribution in [0, 0.1) is 30.0 Å². The van der Waals surface area contributed by atoms with Gasteiger partial charge in [0.15, 0.2) is 5.69 Å². The van der Waals surface area contributed by atoms with Gasteiger partial charge in [0.1, 0.15) is 5.82 Å². The zero-order chi connectivity index (χ0) is 24.3. The van der Waals surface area contributed by atoms with Crippen LogP contribution in [0.15, 0.2) is 42.7 Å². The van der Waals surface area contributed by atoms with Crippen molar-refractivity contribution in [2.24, 2.45) is 13.0 Å². The van der Waals surface area contributed by atoms with Crippen molar-refractivity contribution in [3.8, 4) is 6.07 Å². The summed E-state index contributed by atoms with van der Waals surface area (Å²) in [6, 6.07) is 12.5. The number of anilines is 2. The summed E-state index contributed by atoms with van der Waals surface area (Å²) in [5.74, 6) is -0.567. The number of aromatic nitrogens is 4. The van der Waals surface area contributed by atoms with Crippen molar-refractivity contribution in [1.29, 1.82) is 5.26 Å². The molecule has 0 bridgehead atoms. The number of aromatic amines is 1. The van der Waals surface area contributed by atoms with Crippen LogP contribution in [0.1, 0.15) is 46.2 Å². The Morgan fingerprint density at radius 2 is 1.91 bits per heavy atom. The Morgan fingerprint density at radius 1 is 1.14 bits per heavy atom. The molecule has 2 aliphatic rings. The zero-order valence-corrected chi connectivity index (χ0v) is 19.5. The Kier molecular flexibility index (Phi) is 4.85. The number of imidazole rings is 1. The van der Waals surface area contributed by atoms with Gasteiger partial charge in [-0.25, -0.2) is 9.37 Å². The minimum absolute atomic E-state index is 0.0623. The molecule has 1 unspecified atom stereocenters. The van der Waals surface area contributed by atoms with Crippen LogP contribution in [0.5, 0.6) is 0 Å². The summed E-state index contributed by atoms with van der Waals surface area (Å²) >= 11 is 0. The van der Waals surface area contributed by atoms with E-state index in [0.29, 0.717) is 16.9 Å². The van der Waals surface area contributed by atoms with Gasteiger partial charge in [0.25, 0.3) is 5.91 Å². The van der Waals surface area contributed by atoms with Crippen LogP contribution in [0.3, 0.4) is 0 Å². The highest BCUT2D eigenvalue weighted by Gasteiger charge is 2.44. The van der Waals surface area contributed by atoms with Crippen molar-refractivity contribution in [3.63, 3.8) is 0 Å². The summed E-state index contributed by atoms with van der Waals surface area (Å²) in [5.41, 5.74) is 5.34. The summed E-state index contributed by atoms with van der Waals surface area (Å²) in [7, 11) is 1.79. The number of hydrogen-bond acceptors (Lipinski definition) is 5. The summed E-state index contributed by atoms with van der Waals surface area (Å²) in [5, 5.41) is 13.6. The van der Waals surface area contributed by atoms with E-state index >= 15 is 4.39 Å². The van der Waals surface area contributed by atoms with Crippen molar-refractivity contribution in [2.75, 3.05) is 22.9 Å². The number of nitrogens with one attached hydrogen (secondary N) is 1. The lowest BCUT2D eigenvalue weighted by atomic mass is 9.96. The quantitative estimate of drug-likeness (QED) is 0.485. The van der Waals surface area contributed by atoms with Crippen LogP contribution in [-0.4, -0.2) is 38.7 Å². The first-order chi connectivity index (χ1) is 17.0. The maximum absolute atomic E-state index is 15.8. The molecule has 1 saturated heterocycles. The molecule has 2 aliphatic heterocycles. The summed E-state index contributed by atoms with van der Waals surface area (Å²) in [4.78, 5) is 24.7. The number of benzene rings is 2. The van der Waals surface area contributed by atoms with Gasteiger partial charge >= 0.3 is 0 Å². The van der Waals surface area contributed by atoms with Crippen LogP contribution in [0.25, 0.3) is 11.0 Å². The molecule has 6 rings (SSSR count). The molecule has 0 saturated carbocycles. The van der Waals surface area contributed by atoms with Gasteiger partial charge in [0.05, 0.1) is 29.5 Å². The molecule has 8 nitrogen and oxygen atoms in total. The monoisotopic (exact) mass is 469 g/mol. The minimum atomic E-state index is -0.638. The fraction of sp³-hybridized carbons (Fsp3) is 0.308. The third-order valence-corrected chi connectivity index (χ3v) is 7.34. The standard InChI is InChI=1S/C26H24FN7O/c1-15-23-24(31-32(15)2)26(35)34(18-4-6-21-22(12-18)30-14-29-21)25(23)19-5-3-17(11-20(19)27)33-9-7-16(13-28)8-10-33/h3-6,11-12,14,16,25H,7-10H2,1-2H3,(H,29,30). The third-order valence-electron chi connectivity index (χ3n) is 7.34. The summed E-state index contributed by atoms with van der Waals surface area (Å²) in [6.45, 7) is 3.35. The number of carbonyl (C=O) groups excluding carboxylic acids is 1. The SMILES string of the molecule is Cc1c2c(nn1C)C(=O)N(c1ccc3[nH]cnc3c1)C2c1ccc(N2CCC(C#N)CC2)cc1F. The van der Waals surface area contributed by atoms with Crippen molar-refractivity contribution < 1.29 is 9.18 Å². The van der Waals surface area contributed by atoms with E-state index in [2.05, 4.69) is 26.0 Å². The fourth-order valence-corrected chi connectivity index (χ4v) is 5.30. The second-order valence-electron chi connectivity index (χ2n) is 9.25. The molecule has 4 heterocycles. The molecule has 0 aliphatic carbocycles. The molecule has 0 radical (unpaired) electrons. The second kappa shape index (κ2) is 7.94. The minimum Gasteiger partial charge on any atom is -0.371 e. The first kappa shape index (κ1) is 21.4. The average molecular weight is 470 g/mol. The van der Waals surface area contributed by atoms with Gasteiger partial charge in [-0.3, -0.25) is 14.4 Å². The first-order valence-corrected chi connectivity index (χ1v) is 11.7. The molecular formula is C26H24FN7O. The van der Waals surface area contributed by atoms with E-state index in [9.17, 15) is 4.79 Å². The molecule has 2 aromatic carbocycles. The van der Waals surface area contributed by atoms with E-state index in [-0.39, 0.29) is 17.6 Å². The molecule has 4 aromatic rings. The van der Waals surface area contributed by atoms with Gasteiger partial charge in [-0.1, -0.05) is 6.07 Å².